The molecule has 1 heterocycles. The van der Waals surface area contributed by atoms with E-state index in [2.05, 4.69) is 6.55 Å². The maximum Gasteiger partial charge on any atom is 0.189 e. The van der Waals surface area contributed by atoms with E-state index in [1.165, 1.54) is 18.5 Å². The van der Waals surface area contributed by atoms with Crippen LogP contribution in [-0.4, -0.2) is 21.2 Å². The molecule has 0 saturated carbocycles. The average molecular weight is 158 g/mol. The Bertz CT molecular complexity index is 121. The van der Waals surface area contributed by atoms with Crippen LogP contribution in [0.5, 0.6) is 0 Å². The third-order valence-corrected chi connectivity index (χ3v) is 5.82. The lowest BCUT2D eigenvalue weighted by atomic mass is 10.5. The van der Waals surface area contributed by atoms with Crippen molar-refractivity contribution < 1.29 is 9.22 Å². The van der Waals surface area contributed by atoms with Gasteiger partial charge in [-0.3, -0.25) is 0 Å². The van der Waals surface area contributed by atoms with E-state index in [1.807, 2.05) is 0 Å². The molecule has 58 valence electrons. The van der Waals surface area contributed by atoms with E-state index >= 15 is 0 Å². The van der Waals surface area contributed by atoms with Crippen LogP contribution >= 0.6 is 0 Å². The molecule has 0 aromatic heterocycles. The largest absolute Gasteiger partial charge is 0.417 e. The fourth-order valence-corrected chi connectivity index (χ4v) is 3.42. The first-order valence-corrected chi connectivity index (χ1v) is 6.67. The van der Waals surface area contributed by atoms with Gasteiger partial charge in [0.15, 0.2) is 8.32 Å². The van der Waals surface area contributed by atoms with Crippen LogP contribution in [0.15, 0.2) is 0 Å². The summed E-state index contributed by atoms with van der Waals surface area (Å²) < 4.78 is 5.61. The maximum atomic E-state index is 9.93. The van der Waals surface area contributed by atoms with E-state index in [9.17, 15) is 4.79 Å². The minimum Gasteiger partial charge on any atom is -0.417 e. The predicted octanol–water partition coefficient (Wildman–Crippen LogP) is 1.57. The van der Waals surface area contributed by atoms with Gasteiger partial charge >= 0.3 is 0 Å². The maximum absolute atomic E-state index is 9.93. The molecule has 2 nitrogen and oxygen atoms in total. The summed E-state index contributed by atoms with van der Waals surface area (Å²) >= 11 is 0. The van der Waals surface area contributed by atoms with Gasteiger partial charge in [-0.05, 0) is 18.6 Å². The Morgan fingerprint density at radius 1 is 1.60 bits per heavy atom. The molecule has 0 spiro atoms. The van der Waals surface area contributed by atoms with Crippen LogP contribution in [0, 0.1) is 0 Å². The van der Waals surface area contributed by atoms with Gasteiger partial charge in [-0.25, -0.2) is 0 Å². The number of rotatable bonds is 4. The standard InChI is InChI=1S/C7H14O2Si/c1-10(6-3-7-10)9-5-2-4-8/h4H,2-3,5-7H2,1H3. The fourth-order valence-electron chi connectivity index (χ4n) is 1.17. The summed E-state index contributed by atoms with van der Waals surface area (Å²) in [6, 6.07) is 2.59. The van der Waals surface area contributed by atoms with Crippen molar-refractivity contribution in [3.05, 3.63) is 0 Å². The van der Waals surface area contributed by atoms with Gasteiger partial charge in [0.25, 0.3) is 0 Å². The summed E-state index contributed by atoms with van der Waals surface area (Å²) in [5.41, 5.74) is 0. The van der Waals surface area contributed by atoms with E-state index in [0.717, 1.165) is 6.29 Å². The second kappa shape index (κ2) is 3.30. The molecule has 1 rings (SSSR count). The summed E-state index contributed by atoms with van der Waals surface area (Å²) in [6.45, 7) is 2.91. The van der Waals surface area contributed by atoms with Crippen molar-refractivity contribution in [3.63, 3.8) is 0 Å². The summed E-state index contributed by atoms with van der Waals surface area (Å²) in [4.78, 5) is 9.93. The van der Waals surface area contributed by atoms with Crippen LogP contribution in [0.25, 0.3) is 0 Å². The zero-order chi connectivity index (χ0) is 7.45. The predicted molar refractivity (Wildman–Crippen MR) is 42.5 cm³/mol. The van der Waals surface area contributed by atoms with Crippen molar-refractivity contribution in [2.75, 3.05) is 6.61 Å². The Kier molecular flexibility index (Phi) is 2.62. The monoisotopic (exact) mass is 158 g/mol. The summed E-state index contributed by atoms with van der Waals surface area (Å²) in [7, 11) is -1.19. The van der Waals surface area contributed by atoms with Crippen LogP contribution in [0.3, 0.4) is 0 Å². The molecule has 1 fully saturated rings. The van der Waals surface area contributed by atoms with Crippen molar-refractivity contribution in [1.82, 2.24) is 0 Å². The highest BCUT2D eigenvalue weighted by molar-refractivity contribution is 6.75. The number of hydrogen-bond donors (Lipinski definition) is 0. The number of hydrogen-bond acceptors (Lipinski definition) is 2. The molecule has 0 atom stereocenters. The first kappa shape index (κ1) is 7.95. The molecular weight excluding hydrogens is 144 g/mol. The van der Waals surface area contributed by atoms with E-state index in [4.69, 9.17) is 4.43 Å². The summed E-state index contributed by atoms with van der Waals surface area (Å²) in [6.07, 6.45) is 2.84. The lowest BCUT2D eigenvalue weighted by molar-refractivity contribution is -0.108. The molecular formula is C7H14O2Si. The van der Waals surface area contributed by atoms with Crippen LogP contribution in [0.4, 0.5) is 0 Å². The van der Waals surface area contributed by atoms with Crippen molar-refractivity contribution >= 4 is 14.6 Å². The normalized spacial score (nSPS) is 21.7. The molecule has 0 radical (unpaired) electrons. The average Bonchev–Trinajstić information content (AvgIpc) is 1.85. The minimum absolute atomic E-state index is 0.572. The third kappa shape index (κ3) is 1.92. The van der Waals surface area contributed by atoms with Gasteiger partial charge in [-0.1, -0.05) is 6.42 Å². The molecule has 1 aliphatic rings. The molecule has 0 aromatic rings. The Morgan fingerprint density at radius 2 is 2.30 bits per heavy atom. The number of carbonyl (C=O) groups is 1. The molecule has 10 heavy (non-hydrogen) atoms. The van der Waals surface area contributed by atoms with E-state index in [0.29, 0.717) is 13.0 Å². The number of aldehydes is 1. The van der Waals surface area contributed by atoms with E-state index < -0.39 is 8.32 Å². The second-order valence-corrected chi connectivity index (χ2v) is 7.30. The quantitative estimate of drug-likeness (QED) is 0.353. The molecule has 0 unspecified atom stereocenters. The Labute approximate surface area is 62.7 Å². The lowest BCUT2D eigenvalue weighted by Crippen LogP contribution is -2.41. The SMILES string of the molecule is C[Si]1(OCCC=O)CCC1. The molecule has 3 heteroatoms. The van der Waals surface area contributed by atoms with Crippen LogP contribution < -0.4 is 0 Å². The summed E-state index contributed by atoms with van der Waals surface area (Å²) in [5, 5.41) is 0. The van der Waals surface area contributed by atoms with Crippen molar-refractivity contribution in [2.45, 2.75) is 31.5 Å². The first-order chi connectivity index (χ1) is 4.77. The van der Waals surface area contributed by atoms with Crippen LogP contribution in [-0.2, 0) is 9.22 Å². The number of carbonyl (C=O) groups excluding carboxylic acids is 1. The fraction of sp³-hybridized carbons (Fsp3) is 0.857. The van der Waals surface area contributed by atoms with Crippen molar-refractivity contribution in [2.24, 2.45) is 0 Å². The van der Waals surface area contributed by atoms with Gasteiger partial charge in [0.1, 0.15) is 6.29 Å². The molecule has 0 bridgehead atoms. The Balaban J connectivity index is 2.06. The van der Waals surface area contributed by atoms with Gasteiger partial charge in [0, 0.05) is 13.0 Å². The molecule has 0 aromatic carbocycles. The third-order valence-electron chi connectivity index (χ3n) is 2.10. The Morgan fingerprint density at radius 3 is 2.70 bits per heavy atom. The lowest BCUT2D eigenvalue weighted by Gasteiger charge is -2.35. The van der Waals surface area contributed by atoms with E-state index in [-0.39, 0.29) is 0 Å². The van der Waals surface area contributed by atoms with Gasteiger partial charge in [-0.2, -0.15) is 0 Å². The topological polar surface area (TPSA) is 26.3 Å². The smallest absolute Gasteiger partial charge is 0.189 e. The van der Waals surface area contributed by atoms with Crippen LogP contribution in [0.1, 0.15) is 12.8 Å². The van der Waals surface area contributed by atoms with Gasteiger partial charge in [0.2, 0.25) is 0 Å². The highest BCUT2D eigenvalue weighted by Crippen LogP contribution is 2.32. The van der Waals surface area contributed by atoms with Gasteiger partial charge < -0.3 is 9.22 Å². The van der Waals surface area contributed by atoms with Crippen molar-refractivity contribution in [1.29, 1.82) is 0 Å². The molecule has 0 N–H and O–H groups in total. The van der Waals surface area contributed by atoms with Gasteiger partial charge in [0.05, 0.1) is 0 Å². The first-order valence-electron chi connectivity index (χ1n) is 3.84. The van der Waals surface area contributed by atoms with E-state index in [1.54, 1.807) is 0 Å². The molecule has 1 aliphatic heterocycles. The molecule has 0 amide bonds. The second-order valence-electron chi connectivity index (χ2n) is 3.11. The molecule has 1 saturated heterocycles. The molecule has 0 aliphatic carbocycles. The zero-order valence-electron chi connectivity index (χ0n) is 6.43. The highest BCUT2D eigenvalue weighted by atomic mass is 28.4. The minimum atomic E-state index is -1.19. The van der Waals surface area contributed by atoms with Crippen LogP contribution in [0.2, 0.25) is 18.6 Å². The summed E-state index contributed by atoms with van der Waals surface area (Å²) in [5.74, 6) is 0. The van der Waals surface area contributed by atoms with Gasteiger partial charge in [-0.15, -0.1) is 0 Å². The van der Waals surface area contributed by atoms with Crippen molar-refractivity contribution in [3.8, 4) is 0 Å². The zero-order valence-corrected chi connectivity index (χ0v) is 7.43. The Hall–Kier alpha value is -0.153. The highest BCUT2D eigenvalue weighted by Gasteiger charge is 2.35.